The number of aryl methyl sites for hydroxylation is 1. The average molecular weight is 419 g/mol. The molecule has 0 unspecified atom stereocenters. The summed E-state index contributed by atoms with van der Waals surface area (Å²) in [7, 11) is 0. The number of nitrogens with zero attached hydrogens (tertiary/aromatic N) is 3. The molecule has 2 aromatic carbocycles. The second kappa shape index (κ2) is 9.35. The predicted molar refractivity (Wildman–Crippen MR) is 123 cm³/mol. The minimum atomic E-state index is -0.0690. The van der Waals surface area contributed by atoms with Gasteiger partial charge in [0.25, 0.3) is 5.91 Å². The molecule has 0 radical (unpaired) electrons. The number of aromatic nitrogens is 1. The molecule has 1 saturated heterocycles. The topological polar surface area (TPSA) is 61.6 Å². The Balaban J connectivity index is 1.38. The van der Waals surface area contributed by atoms with Crippen LogP contribution in [0.25, 0.3) is 11.5 Å². The summed E-state index contributed by atoms with van der Waals surface area (Å²) in [6, 6.07) is 18.1. The van der Waals surface area contributed by atoms with Crippen LogP contribution in [-0.2, 0) is 6.54 Å². The highest BCUT2D eigenvalue weighted by Gasteiger charge is 2.20. The molecule has 1 aliphatic rings. The van der Waals surface area contributed by atoms with E-state index in [4.69, 9.17) is 9.40 Å². The third kappa shape index (κ3) is 5.14. The van der Waals surface area contributed by atoms with Crippen LogP contribution in [0.4, 0.5) is 5.69 Å². The van der Waals surface area contributed by atoms with Crippen molar-refractivity contribution in [3.63, 3.8) is 0 Å². The molecule has 0 spiro atoms. The highest BCUT2D eigenvalue weighted by atomic mass is 16.4. The zero-order valence-corrected chi connectivity index (χ0v) is 18.5. The van der Waals surface area contributed by atoms with Gasteiger partial charge >= 0.3 is 0 Å². The van der Waals surface area contributed by atoms with E-state index in [-0.39, 0.29) is 11.9 Å². The van der Waals surface area contributed by atoms with Crippen LogP contribution in [-0.4, -0.2) is 48.0 Å². The van der Waals surface area contributed by atoms with E-state index in [9.17, 15) is 4.79 Å². The highest BCUT2D eigenvalue weighted by molar-refractivity contribution is 5.94. The Hall–Kier alpha value is -3.12. The van der Waals surface area contributed by atoms with Gasteiger partial charge in [-0.05, 0) is 57.2 Å². The summed E-state index contributed by atoms with van der Waals surface area (Å²) in [6.45, 7) is 10.7. The molecular formula is C25H30N4O2. The summed E-state index contributed by atoms with van der Waals surface area (Å²) in [5.41, 5.74) is 3.78. The number of benzene rings is 2. The lowest BCUT2D eigenvalue weighted by molar-refractivity contribution is 0.0943. The van der Waals surface area contributed by atoms with Gasteiger partial charge < -0.3 is 14.6 Å². The molecule has 0 saturated carbocycles. The van der Waals surface area contributed by atoms with E-state index >= 15 is 0 Å². The molecule has 6 nitrogen and oxygen atoms in total. The van der Waals surface area contributed by atoms with Crippen LogP contribution < -0.4 is 10.2 Å². The van der Waals surface area contributed by atoms with E-state index in [1.165, 1.54) is 5.69 Å². The number of oxazole rings is 1. The molecule has 6 heteroatoms. The molecular weight excluding hydrogens is 388 g/mol. The first-order valence-electron chi connectivity index (χ1n) is 10.9. The Morgan fingerprint density at radius 2 is 1.71 bits per heavy atom. The van der Waals surface area contributed by atoms with Crippen LogP contribution in [0.1, 0.15) is 35.7 Å². The van der Waals surface area contributed by atoms with Crippen molar-refractivity contribution in [3.05, 3.63) is 71.6 Å². The Morgan fingerprint density at radius 1 is 1.03 bits per heavy atom. The molecule has 0 bridgehead atoms. The van der Waals surface area contributed by atoms with E-state index < -0.39 is 0 Å². The Labute approximate surface area is 183 Å². The zero-order valence-electron chi connectivity index (χ0n) is 18.5. The maximum atomic E-state index is 12.1. The minimum absolute atomic E-state index is 0.0690. The van der Waals surface area contributed by atoms with Crippen molar-refractivity contribution in [3.8, 4) is 11.5 Å². The van der Waals surface area contributed by atoms with Gasteiger partial charge in [0.15, 0.2) is 0 Å². The normalized spacial score (nSPS) is 14.8. The first kappa shape index (κ1) is 21.1. The molecule has 4 rings (SSSR count). The van der Waals surface area contributed by atoms with Crippen molar-refractivity contribution in [1.82, 2.24) is 15.2 Å². The fourth-order valence-corrected chi connectivity index (χ4v) is 3.82. The van der Waals surface area contributed by atoms with Crippen LogP contribution in [0.15, 0.2) is 59.0 Å². The minimum Gasteiger partial charge on any atom is -0.441 e. The Morgan fingerprint density at radius 3 is 2.35 bits per heavy atom. The number of rotatable bonds is 6. The van der Waals surface area contributed by atoms with Gasteiger partial charge in [-0.1, -0.05) is 18.2 Å². The Kier molecular flexibility index (Phi) is 6.37. The van der Waals surface area contributed by atoms with Gasteiger partial charge in [0.05, 0.1) is 5.69 Å². The number of hydrogen-bond acceptors (Lipinski definition) is 5. The standard InChI is InChI=1S/C25H30N4O2/c1-18(2)26-24(30)20-9-11-21(12-10-20)25-27-23(19(3)31-25)17-28-13-15-29(16-14-28)22-7-5-4-6-8-22/h4-12,18H,13-17H2,1-3H3,(H,26,30). The lowest BCUT2D eigenvalue weighted by Crippen LogP contribution is -2.46. The molecule has 3 aromatic rings. The number of para-hydroxylation sites is 1. The van der Waals surface area contributed by atoms with Gasteiger partial charge in [-0.15, -0.1) is 0 Å². The van der Waals surface area contributed by atoms with Gasteiger partial charge in [0, 0.05) is 55.6 Å². The van der Waals surface area contributed by atoms with Crippen molar-refractivity contribution < 1.29 is 9.21 Å². The molecule has 0 atom stereocenters. The van der Waals surface area contributed by atoms with E-state index in [0.717, 1.165) is 49.7 Å². The monoisotopic (exact) mass is 418 g/mol. The predicted octanol–water partition coefficient (Wildman–Crippen LogP) is 4.11. The summed E-state index contributed by atoms with van der Waals surface area (Å²) in [5, 5.41) is 2.90. The molecule has 1 fully saturated rings. The number of piperazine rings is 1. The van der Waals surface area contributed by atoms with Crippen molar-refractivity contribution in [1.29, 1.82) is 0 Å². The van der Waals surface area contributed by atoms with Gasteiger partial charge in [0.1, 0.15) is 5.76 Å². The zero-order chi connectivity index (χ0) is 21.8. The third-order valence-electron chi connectivity index (χ3n) is 5.57. The molecule has 162 valence electrons. The largest absolute Gasteiger partial charge is 0.441 e. The molecule has 1 N–H and O–H groups in total. The fraction of sp³-hybridized carbons (Fsp3) is 0.360. The summed E-state index contributed by atoms with van der Waals surface area (Å²) < 4.78 is 5.95. The number of anilines is 1. The summed E-state index contributed by atoms with van der Waals surface area (Å²) in [6.07, 6.45) is 0. The van der Waals surface area contributed by atoms with Crippen LogP contribution >= 0.6 is 0 Å². The van der Waals surface area contributed by atoms with Gasteiger partial charge in [-0.25, -0.2) is 4.98 Å². The summed E-state index contributed by atoms with van der Waals surface area (Å²) in [4.78, 5) is 21.7. The Bertz CT molecular complexity index is 1000. The number of carbonyl (C=O) groups excluding carboxylic acids is 1. The van der Waals surface area contributed by atoms with Crippen LogP contribution in [0.5, 0.6) is 0 Å². The first-order chi connectivity index (χ1) is 15.0. The number of nitrogens with one attached hydrogen (secondary N) is 1. The second-order valence-corrected chi connectivity index (χ2v) is 8.33. The lowest BCUT2D eigenvalue weighted by atomic mass is 10.1. The van der Waals surface area contributed by atoms with Gasteiger partial charge in [0.2, 0.25) is 5.89 Å². The van der Waals surface area contributed by atoms with Crippen LogP contribution in [0.2, 0.25) is 0 Å². The SMILES string of the molecule is Cc1oc(-c2ccc(C(=O)NC(C)C)cc2)nc1CN1CCN(c2ccccc2)CC1. The maximum Gasteiger partial charge on any atom is 0.251 e. The van der Waals surface area contributed by atoms with Crippen molar-refractivity contribution in [2.45, 2.75) is 33.4 Å². The summed E-state index contributed by atoms with van der Waals surface area (Å²) >= 11 is 0. The molecule has 1 aromatic heterocycles. The first-order valence-corrected chi connectivity index (χ1v) is 10.9. The second-order valence-electron chi connectivity index (χ2n) is 8.33. The van der Waals surface area contributed by atoms with Crippen molar-refractivity contribution in [2.24, 2.45) is 0 Å². The molecule has 0 aliphatic carbocycles. The quantitative estimate of drug-likeness (QED) is 0.653. The van der Waals surface area contributed by atoms with Crippen molar-refractivity contribution >= 4 is 11.6 Å². The number of amides is 1. The third-order valence-corrected chi connectivity index (χ3v) is 5.57. The lowest BCUT2D eigenvalue weighted by Gasteiger charge is -2.35. The maximum absolute atomic E-state index is 12.1. The molecule has 1 amide bonds. The van der Waals surface area contributed by atoms with E-state index in [1.54, 1.807) is 0 Å². The van der Waals surface area contributed by atoms with Crippen LogP contribution in [0.3, 0.4) is 0 Å². The fourth-order valence-electron chi connectivity index (χ4n) is 3.82. The molecule has 2 heterocycles. The summed E-state index contributed by atoms with van der Waals surface area (Å²) in [5.74, 6) is 1.38. The molecule has 31 heavy (non-hydrogen) atoms. The van der Waals surface area contributed by atoms with Crippen LogP contribution in [0, 0.1) is 6.92 Å². The van der Waals surface area contributed by atoms with E-state index in [2.05, 4.69) is 45.4 Å². The van der Waals surface area contributed by atoms with E-state index in [1.807, 2.05) is 45.0 Å². The number of carbonyl (C=O) groups is 1. The van der Waals surface area contributed by atoms with Gasteiger partial charge in [-0.3, -0.25) is 9.69 Å². The average Bonchev–Trinajstić information content (AvgIpc) is 3.15. The number of hydrogen-bond donors (Lipinski definition) is 1. The van der Waals surface area contributed by atoms with Gasteiger partial charge in [-0.2, -0.15) is 0 Å². The van der Waals surface area contributed by atoms with E-state index in [0.29, 0.717) is 11.5 Å². The highest BCUT2D eigenvalue weighted by Crippen LogP contribution is 2.24. The van der Waals surface area contributed by atoms with Crippen molar-refractivity contribution in [2.75, 3.05) is 31.1 Å². The smallest absolute Gasteiger partial charge is 0.251 e. The molecule has 1 aliphatic heterocycles.